The molecule has 2 amide bonds. The van der Waals surface area contributed by atoms with Gasteiger partial charge in [0.2, 0.25) is 11.8 Å². The second kappa shape index (κ2) is 9.37. The minimum atomic E-state index is -0.814. The van der Waals surface area contributed by atoms with Crippen LogP contribution in [0.1, 0.15) is 58.3 Å². The van der Waals surface area contributed by atoms with Gasteiger partial charge in [0.25, 0.3) is 0 Å². The van der Waals surface area contributed by atoms with Crippen LogP contribution in [0.15, 0.2) is 0 Å². The predicted octanol–water partition coefficient (Wildman–Crippen LogP) is 1.54. The SMILES string of the molecule is CCCC(=O)NC1CCN(C(=O)CCCCC(=O)O)CC1. The smallest absolute Gasteiger partial charge is 0.303 e. The van der Waals surface area contributed by atoms with Crippen LogP contribution >= 0.6 is 0 Å². The van der Waals surface area contributed by atoms with Crippen LogP contribution in [0.3, 0.4) is 0 Å². The molecule has 1 aliphatic rings. The van der Waals surface area contributed by atoms with E-state index in [0.717, 1.165) is 19.3 Å². The fraction of sp³-hybridized carbons (Fsp3) is 0.800. The van der Waals surface area contributed by atoms with E-state index in [9.17, 15) is 14.4 Å². The van der Waals surface area contributed by atoms with Crippen LogP contribution in [-0.2, 0) is 14.4 Å². The number of piperidine rings is 1. The highest BCUT2D eigenvalue weighted by atomic mass is 16.4. The largest absolute Gasteiger partial charge is 0.481 e. The molecule has 0 radical (unpaired) electrons. The Morgan fingerprint density at radius 2 is 1.71 bits per heavy atom. The van der Waals surface area contributed by atoms with E-state index in [2.05, 4.69) is 5.32 Å². The summed E-state index contributed by atoms with van der Waals surface area (Å²) in [5.41, 5.74) is 0. The van der Waals surface area contributed by atoms with Crippen molar-refractivity contribution in [2.24, 2.45) is 0 Å². The second-order valence-corrected chi connectivity index (χ2v) is 5.57. The number of carbonyl (C=O) groups is 3. The van der Waals surface area contributed by atoms with Gasteiger partial charge in [-0.3, -0.25) is 14.4 Å². The number of carbonyl (C=O) groups excluding carboxylic acids is 2. The van der Waals surface area contributed by atoms with Crippen molar-refractivity contribution in [2.75, 3.05) is 13.1 Å². The summed E-state index contributed by atoms with van der Waals surface area (Å²) in [5.74, 6) is -0.624. The molecule has 0 spiro atoms. The van der Waals surface area contributed by atoms with Gasteiger partial charge in [0.1, 0.15) is 0 Å². The van der Waals surface area contributed by atoms with E-state index < -0.39 is 5.97 Å². The second-order valence-electron chi connectivity index (χ2n) is 5.57. The number of carboxylic acid groups (broad SMARTS) is 1. The Balaban J connectivity index is 2.18. The molecule has 0 unspecified atom stereocenters. The summed E-state index contributed by atoms with van der Waals surface area (Å²) < 4.78 is 0. The van der Waals surface area contributed by atoms with E-state index in [1.807, 2.05) is 11.8 Å². The van der Waals surface area contributed by atoms with E-state index >= 15 is 0 Å². The third kappa shape index (κ3) is 7.11. The Hall–Kier alpha value is -1.59. The molecular formula is C15H26N2O4. The van der Waals surface area contributed by atoms with Gasteiger partial charge in [-0.1, -0.05) is 6.92 Å². The topological polar surface area (TPSA) is 86.7 Å². The average molecular weight is 298 g/mol. The highest BCUT2D eigenvalue weighted by molar-refractivity contribution is 5.77. The van der Waals surface area contributed by atoms with E-state index in [1.54, 1.807) is 0 Å². The van der Waals surface area contributed by atoms with E-state index in [0.29, 0.717) is 38.8 Å². The van der Waals surface area contributed by atoms with Crippen molar-refractivity contribution < 1.29 is 19.5 Å². The number of nitrogens with one attached hydrogen (secondary N) is 1. The maximum Gasteiger partial charge on any atom is 0.303 e. The molecule has 0 aromatic carbocycles. The van der Waals surface area contributed by atoms with Crippen LogP contribution in [0.5, 0.6) is 0 Å². The lowest BCUT2D eigenvalue weighted by atomic mass is 10.0. The monoisotopic (exact) mass is 298 g/mol. The van der Waals surface area contributed by atoms with Crippen molar-refractivity contribution in [2.45, 2.75) is 64.3 Å². The number of amides is 2. The standard InChI is InChI=1S/C15H26N2O4/c1-2-5-13(18)16-12-8-10-17(11-9-12)14(19)6-3-4-7-15(20)21/h12H,2-11H2,1H3,(H,16,18)(H,20,21). The minimum Gasteiger partial charge on any atom is -0.481 e. The Kier molecular flexibility index (Phi) is 7.79. The first-order chi connectivity index (χ1) is 10.0. The van der Waals surface area contributed by atoms with Crippen LogP contribution in [0.25, 0.3) is 0 Å². The van der Waals surface area contributed by atoms with Gasteiger partial charge in [0.15, 0.2) is 0 Å². The lowest BCUT2D eigenvalue weighted by Gasteiger charge is -2.32. The number of likely N-dealkylation sites (tertiary alicyclic amines) is 1. The Morgan fingerprint density at radius 3 is 2.29 bits per heavy atom. The van der Waals surface area contributed by atoms with Crippen LogP contribution in [0.2, 0.25) is 0 Å². The summed E-state index contributed by atoms with van der Waals surface area (Å²) in [5, 5.41) is 11.5. The van der Waals surface area contributed by atoms with Crippen LogP contribution in [0.4, 0.5) is 0 Å². The first kappa shape index (κ1) is 17.5. The van der Waals surface area contributed by atoms with Crippen molar-refractivity contribution in [3.05, 3.63) is 0 Å². The summed E-state index contributed by atoms with van der Waals surface area (Å²) in [6.07, 6.45) is 4.72. The van der Waals surface area contributed by atoms with E-state index in [-0.39, 0.29) is 24.3 Å². The molecule has 6 nitrogen and oxygen atoms in total. The number of unbranched alkanes of at least 4 members (excludes halogenated alkanes) is 1. The number of rotatable bonds is 8. The van der Waals surface area contributed by atoms with Gasteiger partial charge in [0.05, 0.1) is 0 Å². The van der Waals surface area contributed by atoms with Gasteiger partial charge >= 0.3 is 5.97 Å². The molecule has 1 fully saturated rings. The normalized spacial score (nSPS) is 15.8. The van der Waals surface area contributed by atoms with Crippen molar-refractivity contribution in [3.8, 4) is 0 Å². The third-order valence-electron chi connectivity index (χ3n) is 3.72. The molecule has 21 heavy (non-hydrogen) atoms. The first-order valence-electron chi connectivity index (χ1n) is 7.81. The molecule has 0 aromatic rings. The zero-order valence-electron chi connectivity index (χ0n) is 12.8. The average Bonchev–Trinajstić information content (AvgIpc) is 2.44. The highest BCUT2D eigenvalue weighted by Crippen LogP contribution is 2.13. The maximum absolute atomic E-state index is 12.0. The third-order valence-corrected chi connectivity index (χ3v) is 3.72. The van der Waals surface area contributed by atoms with Crippen LogP contribution < -0.4 is 5.32 Å². The van der Waals surface area contributed by atoms with Crippen molar-refractivity contribution in [3.63, 3.8) is 0 Å². The van der Waals surface area contributed by atoms with Crippen molar-refractivity contribution >= 4 is 17.8 Å². The molecule has 1 heterocycles. The van der Waals surface area contributed by atoms with Gasteiger partial charge < -0.3 is 15.3 Å². The molecule has 0 saturated carbocycles. The van der Waals surface area contributed by atoms with Gasteiger partial charge in [-0.25, -0.2) is 0 Å². The first-order valence-corrected chi connectivity index (χ1v) is 7.81. The molecule has 120 valence electrons. The number of nitrogens with zero attached hydrogens (tertiary/aromatic N) is 1. The Bertz CT molecular complexity index is 363. The van der Waals surface area contributed by atoms with E-state index in [4.69, 9.17) is 5.11 Å². The molecule has 0 atom stereocenters. The molecular weight excluding hydrogens is 272 g/mol. The molecule has 1 aliphatic heterocycles. The molecule has 6 heteroatoms. The van der Waals surface area contributed by atoms with Crippen LogP contribution in [-0.4, -0.2) is 46.9 Å². The maximum atomic E-state index is 12.0. The number of carboxylic acids is 1. The number of hydrogen-bond donors (Lipinski definition) is 2. The number of aliphatic carboxylic acids is 1. The van der Waals surface area contributed by atoms with Gasteiger partial charge in [0, 0.05) is 38.4 Å². The lowest BCUT2D eigenvalue weighted by Crippen LogP contribution is -2.46. The summed E-state index contributed by atoms with van der Waals surface area (Å²) in [4.78, 5) is 35.7. The Morgan fingerprint density at radius 1 is 1.10 bits per heavy atom. The van der Waals surface area contributed by atoms with Crippen molar-refractivity contribution in [1.29, 1.82) is 0 Å². The molecule has 0 aromatic heterocycles. The zero-order valence-corrected chi connectivity index (χ0v) is 12.8. The molecule has 0 aliphatic carbocycles. The lowest BCUT2D eigenvalue weighted by molar-refractivity contribution is -0.138. The van der Waals surface area contributed by atoms with Gasteiger partial charge in [-0.15, -0.1) is 0 Å². The minimum absolute atomic E-state index is 0.0935. The Labute approximate surface area is 125 Å². The van der Waals surface area contributed by atoms with Gasteiger partial charge in [-0.05, 0) is 32.1 Å². The summed E-state index contributed by atoms with van der Waals surface area (Å²) in [7, 11) is 0. The summed E-state index contributed by atoms with van der Waals surface area (Å²) in [6.45, 7) is 3.33. The molecule has 2 N–H and O–H groups in total. The number of hydrogen-bond acceptors (Lipinski definition) is 3. The highest BCUT2D eigenvalue weighted by Gasteiger charge is 2.23. The summed E-state index contributed by atoms with van der Waals surface area (Å²) in [6, 6.07) is 0.181. The van der Waals surface area contributed by atoms with E-state index in [1.165, 1.54) is 0 Å². The fourth-order valence-electron chi connectivity index (χ4n) is 2.51. The summed E-state index contributed by atoms with van der Waals surface area (Å²) >= 11 is 0. The van der Waals surface area contributed by atoms with Gasteiger partial charge in [-0.2, -0.15) is 0 Å². The predicted molar refractivity (Wildman–Crippen MR) is 78.8 cm³/mol. The zero-order chi connectivity index (χ0) is 15.7. The van der Waals surface area contributed by atoms with Crippen molar-refractivity contribution in [1.82, 2.24) is 10.2 Å². The molecule has 1 saturated heterocycles. The fourth-order valence-corrected chi connectivity index (χ4v) is 2.51. The molecule has 1 rings (SSSR count). The quantitative estimate of drug-likeness (QED) is 0.665. The molecule has 0 bridgehead atoms. The van der Waals surface area contributed by atoms with Crippen LogP contribution in [0, 0.1) is 0 Å².